The SMILES string of the molecule is C[C@H]1COCCN1c1ccc(-c2cnc(N)c(-c3ccc4c(c3)CCNC4=O)c2)c(F)c1. The van der Waals surface area contributed by atoms with Crippen LogP contribution in [-0.4, -0.2) is 43.2 Å². The number of ether oxygens (including phenoxy) is 1. The smallest absolute Gasteiger partial charge is 0.251 e. The van der Waals surface area contributed by atoms with Crippen LogP contribution in [-0.2, 0) is 11.2 Å². The minimum absolute atomic E-state index is 0.0607. The third kappa shape index (κ3) is 3.69. The van der Waals surface area contributed by atoms with Crippen molar-refractivity contribution in [2.24, 2.45) is 0 Å². The average Bonchev–Trinajstić information content (AvgIpc) is 2.80. The first kappa shape index (κ1) is 20.5. The third-order valence-electron chi connectivity index (χ3n) is 6.22. The predicted molar refractivity (Wildman–Crippen MR) is 123 cm³/mol. The molecule has 0 radical (unpaired) electrons. The molecular weight excluding hydrogens is 407 g/mol. The zero-order valence-corrected chi connectivity index (χ0v) is 17.9. The molecule has 1 saturated heterocycles. The monoisotopic (exact) mass is 432 g/mol. The van der Waals surface area contributed by atoms with Gasteiger partial charge in [0.2, 0.25) is 0 Å². The lowest BCUT2D eigenvalue weighted by Crippen LogP contribution is -2.43. The number of anilines is 2. The van der Waals surface area contributed by atoms with Gasteiger partial charge in [-0.15, -0.1) is 0 Å². The molecule has 1 atom stereocenters. The average molecular weight is 432 g/mol. The molecule has 5 rings (SSSR count). The Balaban J connectivity index is 1.50. The van der Waals surface area contributed by atoms with E-state index in [0.29, 0.717) is 42.3 Å². The van der Waals surface area contributed by atoms with Crippen molar-refractivity contribution in [1.29, 1.82) is 0 Å². The standard InChI is InChI=1S/C25H25FN4O2/c1-15-14-32-9-8-30(15)19-3-5-20(23(26)12-19)18-11-22(24(27)29-13-18)16-2-4-21-17(10-16)6-7-28-25(21)31/h2-5,10-13,15H,6-9,14H2,1H3,(H2,27,29)(H,28,31)/t15-/m0/s1. The fourth-order valence-electron chi connectivity index (χ4n) is 4.48. The Labute approximate surface area is 186 Å². The van der Waals surface area contributed by atoms with E-state index >= 15 is 4.39 Å². The fraction of sp³-hybridized carbons (Fsp3) is 0.280. The van der Waals surface area contributed by atoms with E-state index in [2.05, 4.69) is 22.1 Å². The van der Waals surface area contributed by atoms with E-state index in [1.165, 1.54) is 0 Å². The van der Waals surface area contributed by atoms with Crippen LogP contribution in [0, 0.1) is 5.82 Å². The van der Waals surface area contributed by atoms with Crippen LogP contribution in [0.15, 0.2) is 48.7 Å². The number of carbonyl (C=O) groups is 1. The van der Waals surface area contributed by atoms with Gasteiger partial charge in [-0.2, -0.15) is 0 Å². The molecule has 2 aliphatic rings. The number of nitrogens with zero attached hydrogens (tertiary/aromatic N) is 2. The molecule has 0 unspecified atom stereocenters. The number of morpholine rings is 1. The molecule has 32 heavy (non-hydrogen) atoms. The fourth-order valence-corrected chi connectivity index (χ4v) is 4.48. The molecule has 1 fully saturated rings. The number of amides is 1. The largest absolute Gasteiger partial charge is 0.383 e. The van der Waals surface area contributed by atoms with Crippen LogP contribution >= 0.6 is 0 Å². The molecule has 0 bridgehead atoms. The Hall–Kier alpha value is -3.45. The summed E-state index contributed by atoms with van der Waals surface area (Å²) in [7, 11) is 0. The van der Waals surface area contributed by atoms with Crippen molar-refractivity contribution in [1.82, 2.24) is 10.3 Å². The summed E-state index contributed by atoms with van der Waals surface area (Å²) in [6.45, 7) is 4.70. The summed E-state index contributed by atoms with van der Waals surface area (Å²) < 4.78 is 20.6. The number of halogens is 1. The van der Waals surface area contributed by atoms with Crippen LogP contribution in [0.25, 0.3) is 22.3 Å². The number of nitrogen functional groups attached to an aromatic ring is 1. The van der Waals surface area contributed by atoms with Gasteiger partial charge in [-0.3, -0.25) is 4.79 Å². The molecule has 3 N–H and O–H groups in total. The summed E-state index contributed by atoms with van der Waals surface area (Å²) >= 11 is 0. The van der Waals surface area contributed by atoms with Crippen molar-refractivity contribution in [2.75, 3.05) is 36.9 Å². The number of carbonyl (C=O) groups excluding carboxylic acids is 1. The lowest BCUT2D eigenvalue weighted by atomic mass is 9.94. The highest BCUT2D eigenvalue weighted by atomic mass is 19.1. The summed E-state index contributed by atoms with van der Waals surface area (Å²) in [5.74, 6) is 0.00310. The van der Waals surface area contributed by atoms with Gasteiger partial charge in [-0.05, 0) is 54.8 Å². The number of hydrogen-bond donors (Lipinski definition) is 2. The van der Waals surface area contributed by atoms with Gasteiger partial charge in [-0.1, -0.05) is 12.1 Å². The van der Waals surface area contributed by atoms with Crippen molar-refractivity contribution < 1.29 is 13.9 Å². The van der Waals surface area contributed by atoms with Gasteiger partial charge in [0, 0.05) is 53.3 Å². The van der Waals surface area contributed by atoms with Crippen molar-refractivity contribution in [2.45, 2.75) is 19.4 Å². The van der Waals surface area contributed by atoms with E-state index in [1.807, 2.05) is 30.3 Å². The molecule has 0 saturated carbocycles. The van der Waals surface area contributed by atoms with Crippen molar-refractivity contribution in [3.8, 4) is 22.3 Å². The first-order valence-corrected chi connectivity index (χ1v) is 10.8. The second kappa shape index (κ2) is 8.24. The zero-order chi connectivity index (χ0) is 22.2. The van der Waals surface area contributed by atoms with Gasteiger partial charge in [0.05, 0.1) is 13.2 Å². The normalized spacial score (nSPS) is 18.2. The minimum Gasteiger partial charge on any atom is -0.383 e. The molecule has 2 aliphatic heterocycles. The van der Waals surface area contributed by atoms with Gasteiger partial charge >= 0.3 is 0 Å². The summed E-state index contributed by atoms with van der Waals surface area (Å²) in [4.78, 5) is 18.5. The maximum absolute atomic E-state index is 15.2. The van der Waals surface area contributed by atoms with Crippen molar-refractivity contribution in [3.05, 3.63) is 65.6 Å². The highest BCUT2D eigenvalue weighted by Crippen LogP contribution is 2.34. The van der Waals surface area contributed by atoms with Gasteiger partial charge in [-0.25, -0.2) is 9.37 Å². The number of nitrogens with one attached hydrogen (secondary N) is 1. The van der Waals surface area contributed by atoms with Crippen molar-refractivity contribution in [3.63, 3.8) is 0 Å². The van der Waals surface area contributed by atoms with E-state index in [-0.39, 0.29) is 17.8 Å². The third-order valence-corrected chi connectivity index (χ3v) is 6.22. The van der Waals surface area contributed by atoms with E-state index in [1.54, 1.807) is 18.3 Å². The van der Waals surface area contributed by atoms with Gasteiger partial charge < -0.3 is 20.7 Å². The van der Waals surface area contributed by atoms with Crippen molar-refractivity contribution >= 4 is 17.4 Å². The molecule has 164 valence electrons. The highest BCUT2D eigenvalue weighted by molar-refractivity contribution is 5.97. The topological polar surface area (TPSA) is 80.5 Å². The number of aromatic nitrogens is 1. The number of nitrogens with two attached hydrogens (primary N) is 1. The Bertz CT molecular complexity index is 1200. The molecule has 3 aromatic rings. The Morgan fingerprint density at radius 3 is 2.78 bits per heavy atom. The molecule has 1 aromatic heterocycles. The van der Waals surface area contributed by atoms with Crippen LogP contribution < -0.4 is 16.0 Å². The molecule has 7 heteroatoms. The van der Waals surface area contributed by atoms with Gasteiger partial charge in [0.1, 0.15) is 11.6 Å². The van der Waals surface area contributed by atoms with Gasteiger partial charge in [0.15, 0.2) is 0 Å². The molecule has 1 amide bonds. The Morgan fingerprint density at radius 1 is 1.12 bits per heavy atom. The van der Waals surface area contributed by atoms with E-state index in [9.17, 15) is 4.79 Å². The van der Waals surface area contributed by atoms with E-state index < -0.39 is 0 Å². The number of hydrogen-bond acceptors (Lipinski definition) is 5. The molecule has 2 aromatic carbocycles. The lowest BCUT2D eigenvalue weighted by Gasteiger charge is -2.35. The first-order chi connectivity index (χ1) is 15.5. The minimum atomic E-state index is -0.305. The van der Waals surface area contributed by atoms with Crippen LogP contribution in [0.5, 0.6) is 0 Å². The predicted octanol–water partition coefficient (Wildman–Crippen LogP) is 3.65. The number of benzene rings is 2. The van der Waals surface area contributed by atoms with Crippen LogP contribution in [0.3, 0.4) is 0 Å². The Morgan fingerprint density at radius 2 is 1.97 bits per heavy atom. The molecule has 3 heterocycles. The highest BCUT2D eigenvalue weighted by Gasteiger charge is 2.21. The van der Waals surface area contributed by atoms with E-state index in [0.717, 1.165) is 35.3 Å². The Kier molecular flexibility index (Phi) is 5.27. The summed E-state index contributed by atoms with van der Waals surface area (Å²) in [5.41, 5.74) is 11.4. The lowest BCUT2D eigenvalue weighted by molar-refractivity contribution is 0.0946. The summed E-state index contributed by atoms with van der Waals surface area (Å²) in [5, 5.41) is 2.85. The maximum atomic E-state index is 15.2. The van der Waals surface area contributed by atoms with Crippen LogP contribution in [0.1, 0.15) is 22.8 Å². The number of rotatable bonds is 3. The first-order valence-electron chi connectivity index (χ1n) is 10.8. The van der Waals surface area contributed by atoms with Crippen LogP contribution in [0.4, 0.5) is 15.9 Å². The van der Waals surface area contributed by atoms with E-state index in [4.69, 9.17) is 10.5 Å². The maximum Gasteiger partial charge on any atom is 0.251 e. The quantitative estimate of drug-likeness (QED) is 0.661. The van der Waals surface area contributed by atoms with Crippen LogP contribution in [0.2, 0.25) is 0 Å². The number of pyridine rings is 1. The molecule has 0 spiro atoms. The number of fused-ring (bicyclic) bond motifs is 1. The van der Waals surface area contributed by atoms with Gasteiger partial charge in [0.25, 0.3) is 5.91 Å². The second-order valence-electron chi connectivity index (χ2n) is 8.32. The zero-order valence-electron chi connectivity index (χ0n) is 17.9. The summed E-state index contributed by atoms with van der Waals surface area (Å²) in [6.07, 6.45) is 2.36. The molecule has 6 nitrogen and oxygen atoms in total. The second-order valence-corrected chi connectivity index (χ2v) is 8.32. The molecule has 0 aliphatic carbocycles. The summed E-state index contributed by atoms with van der Waals surface area (Å²) in [6, 6.07) is 13.0. The molecular formula is C25H25FN4O2.